The molecule has 0 fully saturated rings. The van der Waals surface area contributed by atoms with Gasteiger partial charge in [-0.25, -0.2) is 4.39 Å². The third kappa shape index (κ3) is 5.73. The lowest BCUT2D eigenvalue weighted by Crippen LogP contribution is -2.27. The first-order chi connectivity index (χ1) is 9.58. The van der Waals surface area contributed by atoms with E-state index in [4.69, 9.17) is 5.11 Å². The number of hydrogen-bond donors (Lipinski definition) is 1. The molecule has 0 spiro atoms. The zero-order chi connectivity index (χ0) is 15.0. The molecule has 0 saturated carbocycles. The second-order valence-electron chi connectivity index (χ2n) is 5.15. The van der Waals surface area contributed by atoms with Crippen molar-refractivity contribution in [2.45, 2.75) is 33.7 Å². The molecular formula is C17H24FNO. The van der Waals surface area contributed by atoms with Crippen LogP contribution in [0.5, 0.6) is 0 Å². The minimum absolute atomic E-state index is 0.207. The van der Waals surface area contributed by atoms with Crippen LogP contribution in [-0.4, -0.2) is 29.7 Å². The van der Waals surface area contributed by atoms with E-state index in [0.717, 1.165) is 31.6 Å². The Morgan fingerprint density at radius 3 is 2.65 bits per heavy atom. The highest BCUT2D eigenvalue weighted by atomic mass is 19.1. The van der Waals surface area contributed by atoms with Crippen molar-refractivity contribution in [2.75, 3.05) is 19.7 Å². The quantitative estimate of drug-likeness (QED) is 0.808. The maximum Gasteiger partial charge on any atom is 0.124 e. The maximum atomic E-state index is 13.6. The molecule has 110 valence electrons. The third-order valence-electron chi connectivity index (χ3n) is 3.39. The fourth-order valence-electron chi connectivity index (χ4n) is 2.09. The van der Waals surface area contributed by atoms with Gasteiger partial charge in [-0.2, -0.15) is 0 Å². The normalized spacial score (nSPS) is 12.1. The highest BCUT2D eigenvalue weighted by Gasteiger charge is 2.09. The van der Waals surface area contributed by atoms with Crippen molar-refractivity contribution >= 4 is 0 Å². The number of halogens is 1. The first-order valence-electron chi connectivity index (χ1n) is 7.20. The SMILES string of the molecule is CCC(C)CN(CC)Cc1cc(F)cc(C#CCO)c1. The van der Waals surface area contributed by atoms with Crippen molar-refractivity contribution in [1.82, 2.24) is 4.90 Å². The molecule has 0 radical (unpaired) electrons. The zero-order valence-electron chi connectivity index (χ0n) is 12.6. The molecular weight excluding hydrogens is 253 g/mol. The summed E-state index contributed by atoms with van der Waals surface area (Å²) in [6.07, 6.45) is 1.15. The van der Waals surface area contributed by atoms with E-state index in [1.54, 1.807) is 6.07 Å². The highest BCUT2D eigenvalue weighted by molar-refractivity contribution is 5.37. The summed E-state index contributed by atoms with van der Waals surface area (Å²) < 4.78 is 13.6. The molecule has 1 unspecified atom stereocenters. The van der Waals surface area contributed by atoms with Crippen LogP contribution in [0.2, 0.25) is 0 Å². The standard InChI is InChI=1S/C17H24FNO/c1-4-14(3)12-19(5-2)13-16-9-15(7-6-8-20)10-17(18)11-16/h9-11,14,20H,4-5,8,12-13H2,1-3H3. The lowest BCUT2D eigenvalue weighted by atomic mass is 10.1. The first-order valence-corrected chi connectivity index (χ1v) is 7.20. The van der Waals surface area contributed by atoms with Crippen LogP contribution in [0.25, 0.3) is 0 Å². The molecule has 0 aromatic heterocycles. The number of nitrogens with zero attached hydrogens (tertiary/aromatic N) is 1. The van der Waals surface area contributed by atoms with Crippen LogP contribution in [0, 0.1) is 23.6 Å². The maximum absolute atomic E-state index is 13.6. The van der Waals surface area contributed by atoms with Crippen molar-refractivity contribution < 1.29 is 9.50 Å². The lowest BCUT2D eigenvalue weighted by molar-refractivity contribution is 0.238. The van der Waals surface area contributed by atoms with Crippen molar-refractivity contribution in [1.29, 1.82) is 0 Å². The van der Waals surface area contributed by atoms with E-state index in [1.165, 1.54) is 6.07 Å². The Labute approximate surface area is 121 Å². The predicted octanol–water partition coefficient (Wildman–Crippen LogP) is 3.04. The second kappa shape index (κ2) is 8.73. The van der Waals surface area contributed by atoms with Gasteiger partial charge in [0.15, 0.2) is 0 Å². The highest BCUT2D eigenvalue weighted by Crippen LogP contribution is 2.13. The lowest BCUT2D eigenvalue weighted by Gasteiger charge is -2.23. The summed E-state index contributed by atoms with van der Waals surface area (Å²) in [5, 5.41) is 8.70. The smallest absolute Gasteiger partial charge is 0.124 e. The summed E-state index contributed by atoms with van der Waals surface area (Å²) in [7, 11) is 0. The molecule has 0 heterocycles. The molecule has 0 aliphatic rings. The van der Waals surface area contributed by atoms with Gasteiger partial charge in [0.05, 0.1) is 0 Å². The van der Waals surface area contributed by atoms with E-state index in [2.05, 4.69) is 37.5 Å². The Kier molecular flexibility index (Phi) is 7.28. The van der Waals surface area contributed by atoms with E-state index >= 15 is 0 Å². The zero-order valence-corrected chi connectivity index (χ0v) is 12.6. The second-order valence-corrected chi connectivity index (χ2v) is 5.15. The van der Waals surface area contributed by atoms with Crippen LogP contribution in [0.4, 0.5) is 4.39 Å². The van der Waals surface area contributed by atoms with E-state index < -0.39 is 0 Å². The van der Waals surface area contributed by atoms with Gasteiger partial charge >= 0.3 is 0 Å². The van der Waals surface area contributed by atoms with Gasteiger partial charge < -0.3 is 5.11 Å². The molecule has 1 aromatic rings. The molecule has 0 saturated heterocycles. The summed E-state index contributed by atoms with van der Waals surface area (Å²) in [6.45, 7) is 9.01. The van der Waals surface area contributed by atoms with Crippen molar-refractivity contribution in [2.24, 2.45) is 5.92 Å². The Bertz CT molecular complexity index is 476. The average molecular weight is 277 g/mol. The van der Waals surface area contributed by atoms with E-state index in [9.17, 15) is 4.39 Å². The number of rotatable bonds is 6. The predicted molar refractivity (Wildman–Crippen MR) is 80.8 cm³/mol. The summed E-state index contributed by atoms with van der Waals surface area (Å²) >= 11 is 0. The Morgan fingerprint density at radius 1 is 1.30 bits per heavy atom. The molecule has 2 nitrogen and oxygen atoms in total. The van der Waals surface area contributed by atoms with Crippen LogP contribution in [0.15, 0.2) is 18.2 Å². The van der Waals surface area contributed by atoms with E-state index in [0.29, 0.717) is 11.5 Å². The van der Waals surface area contributed by atoms with Crippen LogP contribution in [-0.2, 0) is 6.54 Å². The number of benzene rings is 1. The van der Waals surface area contributed by atoms with Gasteiger partial charge in [-0.1, -0.05) is 39.0 Å². The molecule has 1 rings (SSSR count). The fourth-order valence-corrected chi connectivity index (χ4v) is 2.09. The third-order valence-corrected chi connectivity index (χ3v) is 3.39. The number of aliphatic hydroxyl groups excluding tert-OH is 1. The van der Waals surface area contributed by atoms with Gasteiger partial charge in [0.1, 0.15) is 12.4 Å². The van der Waals surface area contributed by atoms with Gasteiger partial charge in [-0.3, -0.25) is 4.90 Å². The van der Waals surface area contributed by atoms with Crippen LogP contribution in [0.3, 0.4) is 0 Å². The largest absolute Gasteiger partial charge is 0.384 e. The fraction of sp³-hybridized carbons (Fsp3) is 0.529. The van der Waals surface area contributed by atoms with Crippen LogP contribution < -0.4 is 0 Å². The molecule has 0 amide bonds. The Hall–Kier alpha value is -1.37. The molecule has 3 heteroatoms. The summed E-state index contributed by atoms with van der Waals surface area (Å²) in [4.78, 5) is 2.31. The summed E-state index contributed by atoms with van der Waals surface area (Å²) in [5.41, 5.74) is 1.55. The molecule has 1 N–H and O–H groups in total. The average Bonchev–Trinajstić information content (AvgIpc) is 2.43. The van der Waals surface area contributed by atoms with E-state index in [1.807, 2.05) is 6.07 Å². The molecule has 20 heavy (non-hydrogen) atoms. The molecule has 1 atom stereocenters. The van der Waals surface area contributed by atoms with Gasteiger partial charge in [0, 0.05) is 18.7 Å². The number of aliphatic hydroxyl groups is 1. The topological polar surface area (TPSA) is 23.5 Å². The first kappa shape index (κ1) is 16.7. The van der Waals surface area contributed by atoms with Crippen molar-refractivity contribution in [3.8, 4) is 11.8 Å². The van der Waals surface area contributed by atoms with Crippen LogP contribution >= 0.6 is 0 Å². The van der Waals surface area contributed by atoms with Gasteiger partial charge in [-0.05, 0) is 36.2 Å². The molecule has 0 bridgehead atoms. The summed E-state index contributed by atoms with van der Waals surface area (Å²) in [5.74, 6) is 5.68. The Balaban J connectivity index is 2.81. The molecule has 0 aliphatic carbocycles. The van der Waals surface area contributed by atoms with Gasteiger partial charge in [0.25, 0.3) is 0 Å². The number of hydrogen-bond acceptors (Lipinski definition) is 2. The minimum Gasteiger partial charge on any atom is -0.384 e. The monoisotopic (exact) mass is 277 g/mol. The van der Waals surface area contributed by atoms with Crippen molar-refractivity contribution in [3.05, 3.63) is 35.1 Å². The van der Waals surface area contributed by atoms with Gasteiger partial charge in [0.2, 0.25) is 0 Å². The minimum atomic E-state index is -0.274. The van der Waals surface area contributed by atoms with E-state index in [-0.39, 0.29) is 12.4 Å². The van der Waals surface area contributed by atoms with Crippen molar-refractivity contribution in [3.63, 3.8) is 0 Å². The molecule has 1 aromatic carbocycles. The summed E-state index contributed by atoms with van der Waals surface area (Å²) in [6, 6.07) is 4.85. The van der Waals surface area contributed by atoms with Gasteiger partial charge in [-0.15, -0.1) is 0 Å². The van der Waals surface area contributed by atoms with Crippen LogP contribution in [0.1, 0.15) is 38.3 Å². The molecule has 0 aliphatic heterocycles. The Morgan fingerprint density at radius 2 is 2.05 bits per heavy atom.